The van der Waals surface area contributed by atoms with E-state index in [0.29, 0.717) is 0 Å². The summed E-state index contributed by atoms with van der Waals surface area (Å²) in [6, 6.07) is 3.77. The molecule has 5 heteroatoms. The summed E-state index contributed by atoms with van der Waals surface area (Å²) in [5, 5.41) is 20.7. The van der Waals surface area contributed by atoms with Crippen molar-refractivity contribution in [1.29, 1.82) is 0 Å². The third-order valence-electron chi connectivity index (χ3n) is 1.85. The summed E-state index contributed by atoms with van der Waals surface area (Å²) in [6.45, 7) is 1.51. The van der Waals surface area contributed by atoms with Crippen molar-refractivity contribution in [2.75, 3.05) is 6.61 Å². The standard InChI is InChI=1S/C10H12ClNO3/c1-6(5-13)12-10(15)8-4-7(14)2-3-9(8)11/h2-4,6,13-14H,5H2,1H3,(H,12,15)/t6-/m0/s1. The van der Waals surface area contributed by atoms with E-state index in [2.05, 4.69) is 5.32 Å². The zero-order valence-corrected chi connectivity index (χ0v) is 8.95. The molecule has 0 aliphatic heterocycles. The van der Waals surface area contributed by atoms with Gasteiger partial charge < -0.3 is 15.5 Å². The maximum Gasteiger partial charge on any atom is 0.253 e. The van der Waals surface area contributed by atoms with Gasteiger partial charge in [0.1, 0.15) is 5.75 Å². The Labute approximate surface area is 92.5 Å². The van der Waals surface area contributed by atoms with Gasteiger partial charge in [-0.1, -0.05) is 11.6 Å². The lowest BCUT2D eigenvalue weighted by molar-refractivity contribution is 0.0922. The van der Waals surface area contributed by atoms with Crippen LogP contribution in [0.4, 0.5) is 0 Å². The van der Waals surface area contributed by atoms with Gasteiger partial charge >= 0.3 is 0 Å². The van der Waals surface area contributed by atoms with Gasteiger partial charge in [0, 0.05) is 6.04 Å². The molecule has 0 aliphatic carbocycles. The molecule has 0 aliphatic rings. The van der Waals surface area contributed by atoms with Gasteiger partial charge in [0.05, 0.1) is 17.2 Å². The fourth-order valence-corrected chi connectivity index (χ4v) is 1.24. The normalized spacial score (nSPS) is 12.2. The number of benzene rings is 1. The van der Waals surface area contributed by atoms with Crippen molar-refractivity contribution in [3.05, 3.63) is 28.8 Å². The Balaban J connectivity index is 2.86. The van der Waals surface area contributed by atoms with E-state index in [0.717, 1.165) is 0 Å². The molecule has 15 heavy (non-hydrogen) atoms. The highest BCUT2D eigenvalue weighted by molar-refractivity contribution is 6.33. The molecule has 0 unspecified atom stereocenters. The molecule has 0 radical (unpaired) electrons. The van der Waals surface area contributed by atoms with Crippen molar-refractivity contribution in [2.24, 2.45) is 0 Å². The Bertz CT molecular complexity index is 368. The number of carbonyl (C=O) groups is 1. The summed E-state index contributed by atoms with van der Waals surface area (Å²) in [7, 11) is 0. The molecule has 4 nitrogen and oxygen atoms in total. The first-order valence-electron chi connectivity index (χ1n) is 4.45. The van der Waals surface area contributed by atoms with Gasteiger partial charge in [-0.2, -0.15) is 0 Å². The second kappa shape index (κ2) is 5.00. The number of nitrogens with one attached hydrogen (secondary N) is 1. The molecule has 0 aromatic heterocycles. The van der Waals surface area contributed by atoms with Crippen LogP contribution in [0.15, 0.2) is 18.2 Å². The van der Waals surface area contributed by atoms with Crippen LogP contribution < -0.4 is 5.32 Å². The van der Waals surface area contributed by atoms with Gasteiger partial charge in [-0.15, -0.1) is 0 Å². The summed E-state index contributed by atoms with van der Waals surface area (Å²) in [5.41, 5.74) is 0.192. The Hall–Kier alpha value is -1.26. The van der Waals surface area contributed by atoms with E-state index in [1.807, 2.05) is 0 Å². The fraction of sp³-hybridized carbons (Fsp3) is 0.300. The SMILES string of the molecule is C[C@@H](CO)NC(=O)c1cc(O)ccc1Cl. The number of phenols is 1. The van der Waals surface area contributed by atoms with Crippen molar-refractivity contribution >= 4 is 17.5 Å². The van der Waals surface area contributed by atoms with Crippen molar-refractivity contribution in [3.63, 3.8) is 0 Å². The first-order valence-corrected chi connectivity index (χ1v) is 4.82. The monoisotopic (exact) mass is 229 g/mol. The van der Waals surface area contributed by atoms with Crippen LogP contribution in [0.3, 0.4) is 0 Å². The first-order chi connectivity index (χ1) is 7.04. The van der Waals surface area contributed by atoms with E-state index >= 15 is 0 Å². The zero-order valence-electron chi connectivity index (χ0n) is 8.20. The molecule has 1 rings (SSSR count). The lowest BCUT2D eigenvalue weighted by Gasteiger charge is -2.11. The predicted octanol–water partition coefficient (Wildman–Crippen LogP) is 1.16. The van der Waals surface area contributed by atoms with Gasteiger partial charge in [0.15, 0.2) is 0 Å². The van der Waals surface area contributed by atoms with Gasteiger partial charge in [-0.05, 0) is 25.1 Å². The zero-order chi connectivity index (χ0) is 11.4. The van der Waals surface area contributed by atoms with Gasteiger partial charge in [0.25, 0.3) is 5.91 Å². The number of aromatic hydroxyl groups is 1. The number of carbonyl (C=O) groups excluding carboxylic acids is 1. The molecule has 0 heterocycles. The second-order valence-electron chi connectivity index (χ2n) is 3.22. The number of phenolic OH excluding ortho intramolecular Hbond substituents is 1. The second-order valence-corrected chi connectivity index (χ2v) is 3.63. The molecule has 1 amide bonds. The molecule has 1 aromatic carbocycles. The highest BCUT2D eigenvalue weighted by Gasteiger charge is 2.13. The van der Waals surface area contributed by atoms with Crippen LogP contribution in [0, 0.1) is 0 Å². The van der Waals surface area contributed by atoms with Crippen LogP contribution in [-0.2, 0) is 0 Å². The van der Waals surface area contributed by atoms with Crippen molar-refractivity contribution in [2.45, 2.75) is 13.0 Å². The topological polar surface area (TPSA) is 69.6 Å². The van der Waals surface area contributed by atoms with Crippen LogP contribution in [0.1, 0.15) is 17.3 Å². The number of aliphatic hydroxyl groups is 1. The van der Waals surface area contributed by atoms with Crippen molar-refractivity contribution in [1.82, 2.24) is 5.32 Å². The lowest BCUT2D eigenvalue weighted by atomic mass is 10.2. The number of hydrogen-bond donors (Lipinski definition) is 3. The van der Waals surface area contributed by atoms with Crippen LogP contribution in [-0.4, -0.2) is 28.8 Å². The highest BCUT2D eigenvalue weighted by Crippen LogP contribution is 2.20. The van der Waals surface area contributed by atoms with Crippen molar-refractivity contribution < 1.29 is 15.0 Å². The molecule has 0 fully saturated rings. The van der Waals surface area contributed by atoms with E-state index in [-0.39, 0.29) is 29.0 Å². The molecule has 1 aromatic rings. The molecule has 82 valence electrons. The highest BCUT2D eigenvalue weighted by atomic mass is 35.5. The maximum atomic E-state index is 11.6. The first kappa shape index (κ1) is 11.8. The van der Waals surface area contributed by atoms with E-state index < -0.39 is 5.91 Å². The maximum absolute atomic E-state index is 11.6. The summed E-state index contributed by atoms with van der Waals surface area (Å²) >= 11 is 5.78. The number of amides is 1. The van der Waals surface area contributed by atoms with E-state index in [1.165, 1.54) is 18.2 Å². The molecule has 0 saturated carbocycles. The molecular formula is C10H12ClNO3. The number of rotatable bonds is 3. The molecular weight excluding hydrogens is 218 g/mol. The Morgan fingerprint density at radius 1 is 1.60 bits per heavy atom. The molecule has 1 atom stereocenters. The number of halogens is 1. The third-order valence-corrected chi connectivity index (χ3v) is 2.18. The van der Waals surface area contributed by atoms with Crippen LogP contribution in [0.25, 0.3) is 0 Å². The average Bonchev–Trinajstić information content (AvgIpc) is 2.21. The van der Waals surface area contributed by atoms with Crippen LogP contribution >= 0.6 is 11.6 Å². The van der Waals surface area contributed by atoms with E-state index in [4.69, 9.17) is 16.7 Å². The van der Waals surface area contributed by atoms with Crippen molar-refractivity contribution in [3.8, 4) is 5.75 Å². The average molecular weight is 230 g/mol. The lowest BCUT2D eigenvalue weighted by Crippen LogP contribution is -2.35. The minimum Gasteiger partial charge on any atom is -0.508 e. The molecule has 0 saturated heterocycles. The number of hydrogen-bond acceptors (Lipinski definition) is 3. The molecule has 0 bridgehead atoms. The quantitative estimate of drug-likeness (QED) is 0.729. The summed E-state index contributed by atoms with van der Waals surface area (Å²) in [6.07, 6.45) is 0. The predicted molar refractivity (Wildman–Crippen MR) is 57.1 cm³/mol. The van der Waals surface area contributed by atoms with Crippen LogP contribution in [0.2, 0.25) is 5.02 Å². The summed E-state index contributed by atoms with van der Waals surface area (Å²) < 4.78 is 0. The smallest absolute Gasteiger partial charge is 0.253 e. The van der Waals surface area contributed by atoms with E-state index in [1.54, 1.807) is 6.92 Å². The largest absolute Gasteiger partial charge is 0.508 e. The molecule has 0 spiro atoms. The molecule has 3 N–H and O–H groups in total. The Kier molecular flexibility index (Phi) is 3.94. The Morgan fingerprint density at radius 2 is 2.27 bits per heavy atom. The van der Waals surface area contributed by atoms with E-state index in [9.17, 15) is 9.90 Å². The van der Waals surface area contributed by atoms with Gasteiger partial charge in [-0.25, -0.2) is 0 Å². The fourth-order valence-electron chi connectivity index (χ4n) is 1.03. The minimum atomic E-state index is -0.419. The number of aliphatic hydroxyl groups excluding tert-OH is 1. The minimum absolute atomic E-state index is 0.0267. The van der Waals surface area contributed by atoms with Crippen LogP contribution in [0.5, 0.6) is 5.75 Å². The van der Waals surface area contributed by atoms with Gasteiger partial charge in [0.2, 0.25) is 0 Å². The van der Waals surface area contributed by atoms with Gasteiger partial charge in [-0.3, -0.25) is 4.79 Å². The summed E-state index contributed by atoms with van der Waals surface area (Å²) in [5.74, 6) is -0.446. The summed E-state index contributed by atoms with van der Waals surface area (Å²) in [4.78, 5) is 11.6. The Morgan fingerprint density at radius 3 is 2.87 bits per heavy atom. The third kappa shape index (κ3) is 3.11.